The molecule has 0 bridgehead atoms. The van der Waals surface area contributed by atoms with Crippen molar-refractivity contribution >= 4 is 34.7 Å². The van der Waals surface area contributed by atoms with Crippen molar-refractivity contribution in [3.8, 4) is 10.7 Å². The van der Waals surface area contributed by atoms with Crippen molar-refractivity contribution < 1.29 is 4.79 Å². The van der Waals surface area contributed by atoms with Crippen LogP contribution in [0.5, 0.6) is 0 Å². The SMILES string of the molecule is CCn1c(SCC(=O)N2c3ccccc3C[C@@H]2C)nnc1-c1cccs1. The molecule has 134 valence electrons. The molecule has 0 fully saturated rings. The lowest BCUT2D eigenvalue weighted by Gasteiger charge is -2.22. The highest BCUT2D eigenvalue weighted by molar-refractivity contribution is 7.99. The maximum absolute atomic E-state index is 12.9. The van der Waals surface area contributed by atoms with Crippen molar-refractivity contribution in [1.82, 2.24) is 14.8 Å². The fraction of sp³-hybridized carbons (Fsp3) is 0.316. The molecule has 26 heavy (non-hydrogen) atoms. The smallest absolute Gasteiger partial charge is 0.237 e. The first-order valence-corrected chi connectivity index (χ1v) is 10.6. The molecule has 0 unspecified atom stereocenters. The van der Waals surface area contributed by atoms with Gasteiger partial charge in [0.05, 0.1) is 10.6 Å². The molecule has 3 aromatic rings. The van der Waals surface area contributed by atoms with E-state index >= 15 is 0 Å². The molecule has 0 aliphatic carbocycles. The fourth-order valence-corrected chi connectivity index (χ4v) is 4.99. The van der Waals surface area contributed by atoms with Crippen LogP contribution in [0.4, 0.5) is 5.69 Å². The lowest BCUT2D eigenvalue weighted by atomic mass is 10.1. The molecule has 3 heterocycles. The molecule has 0 saturated carbocycles. The number of carbonyl (C=O) groups is 1. The number of carbonyl (C=O) groups excluding carboxylic acids is 1. The Bertz CT molecular complexity index is 920. The quantitative estimate of drug-likeness (QED) is 0.622. The lowest BCUT2D eigenvalue weighted by Crippen LogP contribution is -2.37. The summed E-state index contributed by atoms with van der Waals surface area (Å²) in [5.41, 5.74) is 2.29. The van der Waals surface area contributed by atoms with E-state index in [2.05, 4.69) is 34.7 Å². The molecule has 2 aromatic heterocycles. The van der Waals surface area contributed by atoms with Gasteiger partial charge in [-0.15, -0.1) is 21.5 Å². The van der Waals surface area contributed by atoms with Gasteiger partial charge >= 0.3 is 0 Å². The highest BCUT2D eigenvalue weighted by Gasteiger charge is 2.30. The number of nitrogens with zero attached hydrogens (tertiary/aromatic N) is 4. The number of para-hydroxylation sites is 1. The predicted molar refractivity (Wildman–Crippen MR) is 107 cm³/mol. The van der Waals surface area contributed by atoms with Gasteiger partial charge in [-0.2, -0.15) is 0 Å². The van der Waals surface area contributed by atoms with Crippen molar-refractivity contribution in [3.05, 3.63) is 47.3 Å². The highest BCUT2D eigenvalue weighted by Crippen LogP contribution is 2.33. The van der Waals surface area contributed by atoms with Crippen LogP contribution in [0.2, 0.25) is 0 Å². The van der Waals surface area contributed by atoms with E-state index in [1.807, 2.05) is 40.6 Å². The number of rotatable bonds is 5. The zero-order chi connectivity index (χ0) is 18.1. The van der Waals surface area contributed by atoms with Gasteiger partial charge in [-0.25, -0.2) is 0 Å². The predicted octanol–water partition coefficient (Wildman–Crippen LogP) is 4.10. The molecule has 5 nitrogen and oxygen atoms in total. The summed E-state index contributed by atoms with van der Waals surface area (Å²) in [5.74, 6) is 1.36. The second-order valence-electron chi connectivity index (χ2n) is 6.26. The maximum Gasteiger partial charge on any atom is 0.237 e. The van der Waals surface area contributed by atoms with E-state index in [1.54, 1.807) is 11.3 Å². The summed E-state index contributed by atoms with van der Waals surface area (Å²) in [6.45, 7) is 4.96. The van der Waals surface area contributed by atoms with Crippen LogP contribution in [0, 0.1) is 0 Å². The van der Waals surface area contributed by atoms with Crippen LogP contribution in [-0.2, 0) is 17.8 Å². The van der Waals surface area contributed by atoms with Crippen LogP contribution in [0.1, 0.15) is 19.4 Å². The number of thioether (sulfide) groups is 1. The van der Waals surface area contributed by atoms with Gasteiger partial charge in [-0.05, 0) is 43.3 Å². The van der Waals surface area contributed by atoms with Crippen LogP contribution < -0.4 is 4.90 Å². The van der Waals surface area contributed by atoms with E-state index < -0.39 is 0 Å². The van der Waals surface area contributed by atoms with Crippen molar-refractivity contribution in [2.75, 3.05) is 10.7 Å². The molecule has 1 amide bonds. The van der Waals surface area contributed by atoms with Crippen molar-refractivity contribution in [1.29, 1.82) is 0 Å². The molecular weight excluding hydrogens is 364 g/mol. The second-order valence-corrected chi connectivity index (χ2v) is 8.15. The minimum Gasteiger partial charge on any atom is -0.308 e. The van der Waals surface area contributed by atoms with Crippen LogP contribution in [-0.4, -0.2) is 32.5 Å². The largest absolute Gasteiger partial charge is 0.308 e. The van der Waals surface area contributed by atoms with Gasteiger partial charge in [0.1, 0.15) is 0 Å². The Labute approximate surface area is 161 Å². The average molecular weight is 385 g/mol. The van der Waals surface area contributed by atoms with Gasteiger partial charge in [0, 0.05) is 18.3 Å². The number of thiophene rings is 1. The second kappa shape index (κ2) is 7.25. The van der Waals surface area contributed by atoms with E-state index in [4.69, 9.17) is 0 Å². The summed E-state index contributed by atoms with van der Waals surface area (Å²) in [6.07, 6.45) is 0.917. The summed E-state index contributed by atoms with van der Waals surface area (Å²) in [6, 6.07) is 12.4. The highest BCUT2D eigenvalue weighted by atomic mass is 32.2. The fourth-order valence-electron chi connectivity index (χ4n) is 3.41. The number of amides is 1. The monoisotopic (exact) mass is 384 g/mol. The molecule has 1 aliphatic rings. The first-order valence-electron chi connectivity index (χ1n) is 8.69. The minimum absolute atomic E-state index is 0.121. The molecule has 0 saturated heterocycles. The number of anilines is 1. The van der Waals surface area contributed by atoms with Gasteiger partial charge in [0.25, 0.3) is 0 Å². The first-order chi connectivity index (χ1) is 12.7. The normalized spacial score (nSPS) is 16.1. The average Bonchev–Trinajstić information content (AvgIpc) is 3.36. The van der Waals surface area contributed by atoms with Gasteiger partial charge in [-0.1, -0.05) is 36.0 Å². The van der Waals surface area contributed by atoms with Crippen molar-refractivity contribution in [3.63, 3.8) is 0 Å². The van der Waals surface area contributed by atoms with E-state index in [1.165, 1.54) is 17.3 Å². The first kappa shape index (κ1) is 17.3. The third kappa shape index (κ3) is 3.05. The molecule has 7 heteroatoms. The Morgan fingerprint density at radius 1 is 1.27 bits per heavy atom. The Kier molecular flexibility index (Phi) is 4.82. The van der Waals surface area contributed by atoms with Crippen LogP contribution in [0.25, 0.3) is 10.7 Å². The topological polar surface area (TPSA) is 51.0 Å². The number of fused-ring (bicyclic) bond motifs is 1. The zero-order valence-electron chi connectivity index (χ0n) is 14.8. The molecule has 0 N–H and O–H groups in total. The molecule has 0 radical (unpaired) electrons. The minimum atomic E-state index is 0.121. The van der Waals surface area contributed by atoms with Gasteiger partial charge in [0.15, 0.2) is 11.0 Å². The van der Waals surface area contributed by atoms with Crippen LogP contribution in [0.15, 0.2) is 46.9 Å². The molecule has 0 spiro atoms. The Balaban J connectivity index is 1.51. The third-order valence-electron chi connectivity index (χ3n) is 4.58. The summed E-state index contributed by atoms with van der Waals surface area (Å²) in [4.78, 5) is 15.9. The number of aromatic nitrogens is 3. The van der Waals surface area contributed by atoms with Gasteiger partial charge < -0.3 is 9.47 Å². The Morgan fingerprint density at radius 2 is 2.12 bits per heavy atom. The van der Waals surface area contributed by atoms with E-state index in [-0.39, 0.29) is 11.9 Å². The standard InChI is InChI=1S/C19H20N4OS2/c1-3-22-18(16-9-6-10-25-16)20-21-19(22)26-12-17(24)23-13(2)11-14-7-4-5-8-15(14)23/h4-10,13H,3,11-12H2,1-2H3/t13-/m0/s1. The summed E-state index contributed by atoms with van der Waals surface area (Å²) < 4.78 is 2.07. The summed E-state index contributed by atoms with van der Waals surface area (Å²) >= 11 is 3.11. The van der Waals surface area contributed by atoms with Gasteiger partial charge in [-0.3, -0.25) is 4.79 Å². The van der Waals surface area contributed by atoms with E-state index in [0.717, 1.165) is 34.5 Å². The van der Waals surface area contributed by atoms with Crippen molar-refractivity contribution in [2.45, 2.75) is 38.0 Å². The molecule has 1 aromatic carbocycles. The number of hydrogen-bond donors (Lipinski definition) is 0. The number of hydrogen-bond acceptors (Lipinski definition) is 5. The molecule has 4 rings (SSSR count). The Hall–Kier alpha value is -2.12. The lowest BCUT2D eigenvalue weighted by molar-refractivity contribution is -0.116. The van der Waals surface area contributed by atoms with E-state index in [9.17, 15) is 4.79 Å². The molecule has 1 aliphatic heterocycles. The summed E-state index contributed by atoms with van der Waals surface area (Å²) in [7, 11) is 0. The van der Waals surface area contributed by atoms with E-state index in [0.29, 0.717) is 5.75 Å². The number of benzene rings is 1. The van der Waals surface area contributed by atoms with Crippen molar-refractivity contribution in [2.24, 2.45) is 0 Å². The zero-order valence-corrected chi connectivity index (χ0v) is 16.4. The maximum atomic E-state index is 12.9. The van der Waals surface area contributed by atoms with Crippen LogP contribution in [0.3, 0.4) is 0 Å². The molecule has 1 atom stereocenters. The third-order valence-corrected chi connectivity index (χ3v) is 6.39. The summed E-state index contributed by atoms with van der Waals surface area (Å²) in [5, 5.41) is 11.5. The van der Waals surface area contributed by atoms with Crippen LogP contribution >= 0.6 is 23.1 Å². The van der Waals surface area contributed by atoms with Gasteiger partial charge in [0.2, 0.25) is 5.91 Å². The molecular formula is C19H20N4OS2. The Morgan fingerprint density at radius 3 is 2.88 bits per heavy atom.